The largest absolute Gasteiger partial charge is 0.338 e. The summed E-state index contributed by atoms with van der Waals surface area (Å²) in [7, 11) is 0. The van der Waals surface area contributed by atoms with Gasteiger partial charge in [-0.25, -0.2) is 0 Å². The Hall–Kier alpha value is -1.10. The summed E-state index contributed by atoms with van der Waals surface area (Å²) in [5.41, 5.74) is 6.69. The zero-order valence-corrected chi connectivity index (χ0v) is 14.4. The molecule has 22 heavy (non-hydrogen) atoms. The standard InChI is InChI=1S/C16H20ClN3O.ClH/c1-15(2,11-5-7-12(17)8-6-11)14-19-13(20-21-14)16(18)9-3-4-10-16;/h5-8H,3-4,9-10,18H2,1-2H3;1H. The molecule has 2 N–H and O–H groups in total. The quantitative estimate of drug-likeness (QED) is 0.908. The minimum Gasteiger partial charge on any atom is -0.338 e. The van der Waals surface area contributed by atoms with Crippen LogP contribution in [0.2, 0.25) is 5.02 Å². The van der Waals surface area contributed by atoms with Gasteiger partial charge >= 0.3 is 0 Å². The Bertz CT molecular complexity index is 631. The molecule has 0 spiro atoms. The smallest absolute Gasteiger partial charge is 0.236 e. The molecule has 1 aromatic heterocycles. The van der Waals surface area contributed by atoms with E-state index >= 15 is 0 Å². The third-order valence-corrected chi connectivity index (χ3v) is 4.72. The summed E-state index contributed by atoms with van der Waals surface area (Å²) in [5.74, 6) is 1.23. The Balaban J connectivity index is 0.00000176. The molecule has 0 atom stereocenters. The summed E-state index contributed by atoms with van der Waals surface area (Å²) in [6.45, 7) is 4.12. The molecule has 0 bridgehead atoms. The second-order valence-corrected chi connectivity index (χ2v) is 6.85. The molecule has 120 valence electrons. The van der Waals surface area contributed by atoms with Crippen LogP contribution in [0.5, 0.6) is 0 Å². The molecule has 6 heteroatoms. The van der Waals surface area contributed by atoms with Crippen molar-refractivity contribution in [3.8, 4) is 0 Å². The van der Waals surface area contributed by atoms with Gasteiger partial charge in [-0.3, -0.25) is 0 Å². The van der Waals surface area contributed by atoms with E-state index in [0.717, 1.165) is 31.2 Å². The van der Waals surface area contributed by atoms with E-state index < -0.39 is 5.54 Å². The molecular weight excluding hydrogens is 321 g/mol. The molecule has 1 aliphatic carbocycles. The first kappa shape index (κ1) is 17.3. The van der Waals surface area contributed by atoms with Crippen molar-refractivity contribution in [3.05, 3.63) is 46.6 Å². The molecule has 1 aromatic carbocycles. The predicted molar refractivity (Wildman–Crippen MR) is 89.5 cm³/mol. The second-order valence-electron chi connectivity index (χ2n) is 6.42. The molecule has 0 unspecified atom stereocenters. The van der Waals surface area contributed by atoms with Crippen LogP contribution in [0.1, 0.15) is 56.8 Å². The van der Waals surface area contributed by atoms with E-state index in [2.05, 4.69) is 24.0 Å². The van der Waals surface area contributed by atoms with Crippen LogP contribution in [0.3, 0.4) is 0 Å². The lowest BCUT2D eigenvalue weighted by Gasteiger charge is -2.21. The average Bonchev–Trinajstić information content (AvgIpc) is 3.09. The van der Waals surface area contributed by atoms with Gasteiger partial charge in [0.15, 0.2) is 5.82 Å². The maximum atomic E-state index is 6.39. The SMILES string of the molecule is CC(C)(c1ccc(Cl)cc1)c1nc(C2(N)CCCC2)no1.Cl. The third kappa shape index (κ3) is 3.00. The molecule has 2 aromatic rings. The van der Waals surface area contributed by atoms with Crippen molar-refractivity contribution in [3.63, 3.8) is 0 Å². The highest BCUT2D eigenvalue weighted by Gasteiger charge is 2.38. The van der Waals surface area contributed by atoms with Crippen LogP contribution in [0.25, 0.3) is 0 Å². The Labute approximate surface area is 141 Å². The molecule has 1 aliphatic rings. The van der Waals surface area contributed by atoms with Gasteiger partial charge in [0.2, 0.25) is 5.89 Å². The fourth-order valence-electron chi connectivity index (χ4n) is 2.90. The Morgan fingerprint density at radius 2 is 1.77 bits per heavy atom. The van der Waals surface area contributed by atoms with Crippen LogP contribution in [0.15, 0.2) is 28.8 Å². The highest BCUT2D eigenvalue weighted by molar-refractivity contribution is 6.30. The minimum atomic E-state index is -0.419. The monoisotopic (exact) mass is 341 g/mol. The maximum absolute atomic E-state index is 6.39. The topological polar surface area (TPSA) is 64.9 Å². The molecule has 1 fully saturated rings. The zero-order valence-electron chi connectivity index (χ0n) is 12.8. The van der Waals surface area contributed by atoms with Crippen molar-refractivity contribution in [1.82, 2.24) is 10.1 Å². The Morgan fingerprint density at radius 1 is 1.18 bits per heavy atom. The lowest BCUT2D eigenvalue weighted by molar-refractivity contribution is 0.318. The van der Waals surface area contributed by atoms with E-state index in [1.165, 1.54) is 0 Å². The number of nitrogens with zero attached hydrogens (tertiary/aromatic N) is 2. The Kier molecular flexibility index (Phi) is 4.85. The summed E-state index contributed by atoms with van der Waals surface area (Å²) >= 11 is 5.95. The van der Waals surface area contributed by atoms with E-state index in [0.29, 0.717) is 16.7 Å². The maximum Gasteiger partial charge on any atom is 0.236 e. The number of halogens is 2. The number of hydrogen-bond donors (Lipinski definition) is 1. The first-order valence-corrected chi connectivity index (χ1v) is 7.69. The van der Waals surface area contributed by atoms with Crippen LogP contribution >= 0.6 is 24.0 Å². The summed E-state index contributed by atoms with van der Waals surface area (Å²) in [6.07, 6.45) is 4.10. The highest BCUT2D eigenvalue weighted by Crippen LogP contribution is 2.37. The molecule has 1 heterocycles. The molecular formula is C16H21Cl2N3O. The number of nitrogens with two attached hydrogens (primary N) is 1. The predicted octanol–water partition coefficient (Wildman–Crippen LogP) is 4.20. The van der Waals surface area contributed by atoms with E-state index in [4.69, 9.17) is 21.9 Å². The van der Waals surface area contributed by atoms with Crippen molar-refractivity contribution in [2.24, 2.45) is 5.73 Å². The summed E-state index contributed by atoms with van der Waals surface area (Å²) in [5, 5.41) is 4.86. The molecule has 3 rings (SSSR count). The molecule has 0 amide bonds. The van der Waals surface area contributed by atoms with Crippen LogP contribution < -0.4 is 5.73 Å². The van der Waals surface area contributed by atoms with Crippen molar-refractivity contribution >= 4 is 24.0 Å². The minimum absolute atomic E-state index is 0. The molecule has 4 nitrogen and oxygen atoms in total. The first-order valence-electron chi connectivity index (χ1n) is 7.31. The number of benzene rings is 1. The van der Waals surface area contributed by atoms with E-state index in [1.807, 2.05) is 24.3 Å². The van der Waals surface area contributed by atoms with Gasteiger partial charge < -0.3 is 10.3 Å². The highest BCUT2D eigenvalue weighted by atomic mass is 35.5. The van der Waals surface area contributed by atoms with Crippen molar-refractivity contribution in [2.75, 3.05) is 0 Å². The molecule has 0 saturated heterocycles. The molecule has 0 aliphatic heterocycles. The van der Waals surface area contributed by atoms with Gasteiger partial charge in [0.1, 0.15) is 0 Å². The summed E-state index contributed by atoms with van der Waals surface area (Å²) in [6, 6.07) is 7.72. The van der Waals surface area contributed by atoms with E-state index in [-0.39, 0.29) is 17.8 Å². The van der Waals surface area contributed by atoms with Crippen molar-refractivity contribution in [2.45, 2.75) is 50.5 Å². The molecule has 0 radical (unpaired) electrons. The summed E-state index contributed by atoms with van der Waals surface area (Å²) in [4.78, 5) is 4.60. The van der Waals surface area contributed by atoms with Gasteiger partial charge in [-0.05, 0) is 44.4 Å². The van der Waals surface area contributed by atoms with Crippen LogP contribution in [0.4, 0.5) is 0 Å². The number of rotatable bonds is 3. The van der Waals surface area contributed by atoms with Crippen molar-refractivity contribution < 1.29 is 4.52 Å². The van der Waals surface area contributed by atoms with E-state index in [1.54, 1.807) is 0 Å². The van der Waals surface area contributed by atoms with Crippen LogP contribution in [-0.4, -0.2) is 10.1 Å². The van der Waals surface area contributed by atoms with Crippen LogP contribution in [-0.2, 0) is 11.0 Å². The van der Waals surface area contributed by atoms with Gasteiger partial charge in [0.05, 0.1) is 11.0 Å². The number of aromatic nitrogens is 2. The van der Waals surface area contributed by atoms with Gasteiger partial charge in [0.25, 0.3) is 0 Å². The fraction of sp³-hybridized carbons (Fsp3) is 0.500. The average molecular weight is 342 g/mol. The second kappa shape index (κ2) is 6.19. The van der Waals surface area contributed by atoms with Gasteiger partial charge in [0, 0.05) is 5.02 Å². The van der Waals surface area contributed by atoms with Gasteiger partial charge in [-0.2, -0.15) is 4.98 Å². The van der Waals surface area contributed by atoms with Crippen LogP contribution in [0, 0.1) is 0 Å². The summed E-state index contributed by atoms with van der Waals surface area (Å²) < 4.78 is 5.52. The third-order valence-electron chi connectivity index (χ3n) is 4.47. The lowest BCUT2D eigenvalue weighted by Crippen LogP contribution is -2.34. The lowest BCUT2D eigenvalue weighted by atomic mass is 9.84. The molecule has 1 saturated carbocycles. The van der Waals surface area contributed by atoms with Gasteiger partial charge in [-0.1, -0.05) is 41.7 Å². The fourth-order valence-corrected chi connectivity index (χ4v) is 3.03. The van der Waals surface area contributed by atoms with Crippen molar-refractivity contribution in [1.29, 1.82) is 0 Å². The van der Waals surface area contributed by atoms with E-state index in [9.17, 15) is 0 Å². The Morgan fingerprint density at radius 3 is 2.36 bits per heavy atom. The normalized spacial score (nSPS) is 17.3. The van der Waals surface area contributed by atoms with Gasteiger partial charge in [-0.15, -0.1) is 12.4 Å². The number of hydrogen-bond acceptors (Lipinski definition) is 4. The first-order chi connectivity index (χ1) is 9.92. The zero-order chi connectivity index (χ0) is 15.1.